The summed E-state index contributed by atoms with van der Waals surface area (Å²) in [6, 6.07) is 36.8. The lowest BCUT2D eigenvalue weighted by molar-refractivity contribution is 0.667. The molecule has 0 unspecified atom stereocenters. The molecule has 0 amide bonds. The molecule has 0 heterocycles. The maximum absolute atomic E-state index is 10.3. The molecule has 0 spiro atoms. The molecule has 0 atom stereocenters. The fourth-order valence-electron chi connectivity index (χ4n) is 6.95. The monoisotopic (exact) mass is 650 g/mol. The van der Waals surface area contributed by atoms with Crippen molar-refractivity contribution in [1.82, 2.24) is 0 Å². The maximum atomic E-state index is 10.3. The lowest BCUT2D eigenvalue weighted by Crippen LogP contribution is -1.88. The van der Waals surface area contributed by atoms with Crippen molar-refractivity contribution in [3.05, 3.63) is 147 Å². The summed E-state index contributed by atoms with van der Waals surface area (Å²) in [4.78, 5) is 3.96. The van der Waals surface area contributed by atoms with Crippen molar-refractivity contribution in [2.75, 3.05) is 0 Å². The van der Waals surface area contributed by atoms with Crippen LogP contribution in [0.5, 0.6) is 0 Å². The zero-order valence-electron chi connectivity index (χ0n) is 29.5. The molecule has 2 heteroatoms. The molecule has 6 aromatic rings. The third kappa shape index (κ3) is 8.22. The summed E-state index contributed by atoms with van der Waals surface area (Å²) in [5.41, 5.74) is 8.46. The Labute approximate surface area is 298 Å². The van der Waals surface area contributed by atoms with Crippen molar-refractivity contribution in [3.8, 4) is 6.07 Å². The van der Waals surface area contributed by atoms with E-state index in [-0.39, 0.29) is 0 Å². The fourth-order valence-corrected chi connectivity index (χ4v) is 6.95. The predicted octanol–water partition coefficient (Wildman–Crippen LogP) is 14.2. The van der Waals surface area contributed by atoms with Gasteiger partial charge in [-0.3, -0.25) is 0 Å². The molecule has 0 N–H and O–H groups in total. The summed E-state index contributed by atoms with van der Waals surface area (Å²) >= 11 is 0. The minimum Gasteiger partial charge on any atom is -0.237 e. The number of rotatable bonds is 14. The van der Waals surface area contributed by atoms with Crippen LogP contribution in [0.1, 0.15) is 104 Å². The van der Waals surface area contributed by atoms with Gasteiger partial charge in [-0.2, -0.15) is 5.26 Å². The quantitative estimate of drug-likeness (QED) is 0.0499. The second-order valence-corrected chi connectivity index (χ2v) is 13.5. The van der Waals surface area contributed by atoms with Crippen LogP contribution in [0.15, 0.2) is 97.1 Å². The lowest BCUT2D eigenvalue weighted by atomic mass is 9.91. The summed E-state index contributed by atoms with van der Waals surface area (Å²) in [5, 5.41) is 16.1. The van der Waals surface area contributed by atoms with E-state index >= 15 is 0 Å². The molecule has 0 saturated heterocycles. The number of benzene rings is 6. The number of hydrogen-bond acceptors (Lipinski definition) is 1. The van der Waals surface area contributed by atoms with Gasteiger partial charge in [0.1, 0.15) is 0 Å². The van der Waals surface area contributed by atoms with Gasteiger partial charge in [0.05, 0.1) is 18.2 Å². The minimum atomic E-state index is 0.624. The smallest absolute Gasteiger partial charge is 0.195 e. The van der Waals surface area contributed by atoms with Crippen LogP contribution in [0, 0.1) is 17.9 Å². The van der Waals surface area contributed by atoms with Gasteiger partial charge in [-0.25, -0.2) is 4.85 Å². The largest absolute Gasteiger partial charge is 0.237 e. The number of hydrogen-bond donors (Lipinski definition) is 0. The SMILES string of the molecule is [C-]#[N+]c1cc2c3ccc(C=Cc4ccc(CCCCCC)cc4)cc3c(C#N)cc2c2ccc(C=Cc3ccc(CCCCCC)cc3)cc12. The summed E-state index contributed by atoms with van der Waals surface area (Å²) in [7, 11) is 0. The van der Waals surface area contributed by atoms with Crippen LogP contribution >= 0.6 is 0 Å². The highest BCUT2D eigenvalue weighted by Crippen LogP contribution is 2.39. The highest BCUT2D eigenvalue weighted by molar-refractivity contribution is 6.22. The molecule has 248 valence electrons. The van der Waals surface area contributed by atoms with E-state index in [0.29, 0.717) is 11.3 Å². The maximum Gasteiger partial charge on any atom is 0.195 e. The highest BCUT2D eigenvalue weighted by atomic mass is 14.6. The van der Waals surface area contributed by atoms with Gasteiger partial charge in [-0.15, -0.1) is 0 Å². The van der Waals surface area contributed by atoms with Crippen molar-refractivity contribution in [1.29, 1.82) is 5.26 Å². The van der Waals surface area contributed by atoms with Crippen LogP contribution in [0.4, 0.5) is 5.69 Å². The Bertz CT molecular complexity index is 2070. The molecule has 6 rings (SSSR count). The first-order chi connectivity index (χ1) is 24.6. The van der Waals surface area contributed by atoms with Gasteiger partial charge < -0.3 is 0 Å². The normalized spacial score (nSPS) is 11.6. The molecule has 0 aliphatic rings. The Morgan fingerprint density at radius 1 is 0.500 bits per heavy atom. The standard InChI is InChI=1S/C48H46N2/c1-4-6-8-10-12-35-14-18-37(19-15-35)22-24-39-26-28-42-44(30-39)41(34-49)32-45-43-29-27-40(31-47(43)48(50-3)33-46(42)45)25-23-38-20-16-36(17-21-38)13-11-9-7-5-2/h14-33H,4-13H2,1-2H3. The first-order valence-electron chi connectivity index (χ1n) is 18.4. The summed E-state index contributed by atoms with van der Waals surface area (Å²) in [6.45, 7) is 12.6. The average Bonchev–Trinajstić information content (AvgIpc) is 3.16. The Morgan fingerprint density at radius 3 is 1.46 bits per heavy atom. The van der Waals surface area contributed by atoms with Crippen LogP contribution < -0.4 is 0 Å². The first kappa shape index (κ1) is 34.4. The van der Waals surface area contributed by atoms with Gasteiger partial charge in [0.2, 0.25) is 0 Å². The Morgan fingerprint density at radius 2 is 0.960 bits per heavy atom. The van der Waals surface area contributed by atoms with E-state index in [1.165, 1.54) is 62.5 Å². The van der Waals surface area contributed by atoms with Gasteiger partial charge >= 0.3 is 0 Å². The zero-order valence-corrected chi connectivity index (χ0v) is 29.5. The van der Waals surface area contributed by atoms with Crippen molar-refractivity contribution < 1.29 is 0 Å². The highest BCUT2D eigenvalue weighted by Gasteiger charge is 2.13. The second-order valence-electron chi connectivity index (χ2n) is 13.5. The summed E-state index contributed by atoms with van der Waals surface area (Å²) in [5.74, 6) is 0. The second kappa shape index (κ2) is 16.8. The molecule has 0 saturated carbocycles. The number of unbranched alkanes of at least 4 members (excludes halogenated alkanes) is 6. The molecule has 0 aromatic heterocycles. The van der Waals surface area contributed by atoms with Crippen LogP contribution in [0.3, 0.4) is 0 Å². The molecule has 0 radical (unpaired) electrons. The van der Waals surface area contributed by atoms with Crippen molar-refractivity contribution in [2.45, 2.75) is 78.1 Å². The van der Waals surface area contributed by atoms with Crippen LogP contribution in [-0.4, -0.2) is 0 Å². The zero-order chi connectivity index (χ0) is 34.7. The van der Waals surface area contributed by atoms with Crippen molar-refractivity contribution in [3.63, 3.8) is 0 Å². The molecule has 0 aliphatic heterocycles. The summed E-state index contributed by atoms with van der Waals surface area (Å²) in [6.07, 6.45) is 21.0. The Hall–Kier alpha value is -5.44. The van der Waals surface area contributed by atoms with Crippen molar-refractivity contribution >= 4 is 62.3 Å². The van der Waals surface area contributed by atoms with E-state index in [4.69, 9.17) is 6.57 Å². The topological polar surface area (TPSA) is 28.1 Å². The molecule has 0 aliphatic carbocycles. The van der Waals surface area contributed by atoms with E-state index in [1.807, 2.05) is 12.1 Å². The average molecular weight is 651 g/mol. The van der Waals surface area contributed by atoms with Crippen LogP contribution in [0.25, 0.3) is 61.5 Å². The Balaban J connectivity index is 1.26. The fraction of sp³-hybridized carbons (Fsp3) is 0.250. The number of nitrogens with zero attached hydrogens (tertiary/aromatic N) is 2. The third-order valence-electron chi connectivity index (χ3n) is 9.87. The molecular weight excluding hydrogens is 605 g/mol. The number of nitriles is 1. The van der Waals surface area contributed by atoms with Crippen LogP contribution in [-0.2, 0) is 12.8 Å². The van der Waals surface area contributed by atoms with Gasteiger partial charge in [0.15, 0.2) is 5.69 Å². The number of fused-ring (bicyclic) bond motifs is 5. The molecule has 6 aromatic carbocycles. The van der Waals surface area contributed by atoms with Crippen LogP contribution in [0.2, 0.25) is 0 Å². The van der Waals surface area contributed by atoms with E-state index in [2.05, 4.69) is 134 Å². The van der Waals surface area contributed by atoms with Gasteiger partial charge in [-0.1, -0.05) is 156 Å². The lowest BCUT2D eigenvalue weighted by Gasteiger charge is -2.12. The molecule has 2 nitrogen and oxygen atoms in total. The molecule has 50 heavy (non-hydrogen) atoms. The van der Waals surface area contributed by atoms with E-state index in [9.17, 15) is 5.26 Å². The van der Waals surface area contributed by atoms with Crippen molar-refractivity contribution in [2.24, 2.45) is 0 Å². The number of aryl methyl sites for hydroxylation is 2. The Kier molecular flexibility index (Phi) is 11.6. The molecule has 0 fully saturated rings. The summed E-state index contributed by atoms with van der Waals surface area (Å²) < 4.78 is 0. The predicted molar refractivity (Wildman–Crippen MR) is 216 cm³/mol. The van der Waals surface area contributed by atoms with Gasteiger partial charge in [0, 0.05) is 5.39 Å². The molecule has 0 bridgehead atoms. The van der Waals surface area contributed by atoms with Gasteiger partial charge in [0.25, 0.3) is 0 Å². The minimum absolute atomic E-state index is 0.624. The van der Waals surface area contributed by atoms with E-state index in [0.717, 1.165) is 67.4 Å². The first-order valence-corrected chi connectivity index (χ1v) is 18.4. The third-order valence-corrected chi connectivity index (χ3v) is 9.87. The van der Waals surface area contributed by atoms with E-state index < -0.39 is 0 Å². The molecular formula is C48H46N2. The van der Waals surface area contributed by atoms with E-state index in [1.54, 1.807) is 0 Å². The van der Waals surface area contributed by atoms with Gasteiger partial charge in [-0.05, 0) is 104 Å².